The van der Waals surface area contributed by atoms with Gasteiger partial charge in [0.15, 0.2) is 0 Å². The molecule has 0 aliphatic heterocycles. The lowest BCUT2D eigenvalue weighted by Crippen LogP contribution is -2.30. The quantitative estimate of drug-likeness (QED) is 0.526. The van der Waals surface area contributed by atoms with E-state index in [9.17, 15) is 4.79 Å². The molecular weight excluding hydrogens is 188 g/mol. The maximum atomic E-state index is 11.3. The average Bonchev–Trinajstić information content (AvgIpc) is 2.57. The predicted octanol–water partition coefficient (Wildman–Crippen LogP) is 1.43. The standard InChI is InChI=1S/C9H17ClN2O/c10-12-6-5-11-9(13)7-8-3-1-2-4-8/h8,12H,1-7H2,(H,11,13). The smallest absolute Gasteiger partial charge is 0.220 e. The van der Waals surface area contributed by atoms with Crippen LogP contribution in [0.1, 0.15) is 32.1 Å². The minimum atomic E-state index is 0.166. The van der Waals surface area contributed by atoms with Crippen molar-refractivity contribution in [2.24, 2.45) is 5.92 Å². The van der Waals surface area contributed by atoms with E-state index in [1.807, 2.05) is 0 Å². The van der Waals surface area contributed by atoms with Gasteiger partial charge in [-0.3, -0.25) is 4.79 Å². The van der Waals surface area contributed by atoms with Gasteiger partial charge in [0.1, 0.15) is 0 Å². The Morgan fingerprint density at radius 2 is 2.00 bits per heavy atom. The molecule has 1 rings (SSSR count). The third-order valence-electron chi connectivity index (χ3n) is 2.49. The zero-order valence-electron chi connectivity index (χ0n) is 7.81. The van der Waals surface area contributed by atoms with Crippen molar-refractivity contribution in [3.8, 4) is 0 Å². The van der Waals surface area contributed by atoms with E-state index in [1.165, 1.54) is 25.7 Å². The minimum Gasteiger partial charge on any atom is -0.355 e. The highest BCUT2D eigenvalue weighted by Crippen LogP contribution is 2.27. The first-order chi connectivity index (χ1) is 6.33. The molecule has 0 aromatic heterocycles. The molecule has 0 radical (unpaired) electrons. The molecule has 4 heteroatoms. The fourth-order valence-electron chi connectivity index (χ4n) is 1.80. The fraction of sp³-hybridized carbons (Fsp3) is 0.889. The molecule has 0 bridgehead atoms. The Labute approximate surface area is 84.3 Å². The van der Waals surface area contributed by atoms with Crippen LogP contribution >= 0.6 is 11.8 Å². The Bertz CT molecular complexity index is 158. The summed E-state index contributed by atoms with van der Waals surface area (Å²) in [6.07, 6.45) is 5.73. The molecular formula is C9H17ClN2O. The Morgan fingerprint density at radius 3 is 2.62 bits per heavy atom. The van der Waals surface area contributed by atoms with Crippen molar-refractivity contribution in [2.45, 2.75) is 32.1 Å². The number of nitrogens with one attached hydrogen (secondary N) is 2. The van der Waals surface area contributed by atoms with E-state index in [4.69, 9.17) is 11.8 Å². The highest BCUT2D eigenvalue weighted by Gasteiger charge is 2.17. The van der Waals surface area contributed by atoms with Crippen LogP contribution in [0, 0.1) is 5.92 Å². The van der Waals surface area contributed by atoms with Crippen LogP contribution in [-0.2, 0) is 4.79 Å². The number of hydrogen-bond donors (Lipinski definition) is 2. The summed E-state index contributed by atoms with van der Waals surface area (Å²) in [5.74, 6) is 0.794. The van der Waals surface area contributed by atoms with Crippen molar-refractivity contribution >= 4 is 17.7 Å². The second-order valence-electron chi connectivity index (χ2n) is 3.59. The molecule has 0 aromatic carbocycles. The topological polar surface area (TPSA) is 41.1 Å². The number of halogens is 1. The molecule has 1 aliphatic rings. The molecule has 1 aliphatic carbocycles. The summed E-state index contributed by atoms with van der Waals surface area (Å²) in [5, 5.41) is 2.82. The van der Waals surface area contributed by atoms with Gasteiger partial charge >= 0.3 is 0 Å². The number of carbonyl (C=O) groups is 1. The molecule has 2 N–H and O–H groups in total. The molecule has 0 saturated heterocycles. The highest BCUT2D eigenvalue weighted by atomic mass is 35.5. The normalized spacial score (nSPS) is 17.6. The summed E-state index contributed by atoms with van der Waals surface area (Å²) in [6, 6.07) is 0. The molecule has 1 amide bonds. The lowest BCUT2D eigenvalue weighted by Gasteiger charge is -2.08. The maximum Gasteiger partial charge on any atom is 0.220 e. The molecule has 0 heterocycles. The van der Waals surface area contributed by atoms with Gasteiger partial charge in [0.05, 0.1) is 0 Å². The Kier molecular flexibility index (Phi) is 5.16. The predicted molar refractivity (Wildman–Crippen MR) is 53.4 cm³/mol. The van der Waals surface area contributed by atoms with Crippen molar-refractivity contribution in [1.82, 2.24) is 10.2 Å². The molecule has 0 atom stereocenters. The van der Waals surface area contributed by atoms with Gasteiger partial charge in [-0.1, -0.05) is 12.8 Å². The minimum absolute atomic E-state index is 0.166. The highest BCUT2D eigenvalue weighted by molar-refractivity contribution is 6.13. The molecule has 1 fully saturated rings. The van der Waals surface area contributed by atoms with E-state index in [0.29, 0.717) is 25.4 Å². The van der Waals surface area contributed by atoms with E-state index >= 15 is 0 Å². The summed E-state index contributed by atoms with van der Waals surface area (Å²) < 4.78 is 0. The molecule has 3 nitrogen and oxygen atoms in total. The number of carbonyl (C=O) groups excluding carboxylic acids is 1. The third-order valence-corrected chi connectivity index (χ3v) is 2.68. The first kappa shape index (κ1) is 10.8. The zero-order chi connectivity index (χ0) is 9.52. The number of hydrogen-bond acceptors (Lipinski definition) is 2. The van der Waals surface area contributed by atoms with Gasteiger partial charge < -0.3 is 5.32 Å². The van der Waals surface area contributed by atoms with Crippen molar-refractivity contribution in [1.29, 1.82) is 0 Å². The summed E-state index contributed by atoms with van der Waals surface area (Å²) >= 11 is 5.25. The molecule has 0 spiro atoms. The van der Waals surface area contributed by atoms with E-state index in [1.54, 1.807) is 0 Å². The van der Waals surface area contributed by atoms with Crippen LogP contribution in [0.5, 0.6) is 0 Å². The largest absolute Gasteiger partial charge is 0.355 e. The summed E-state index contributed by atoms with van der Waals surface area (Å²) in [7, 11) is 0. The van der Waals surface area contributed by atoms with Crippen molar-refractivity contribution in [2.75, 3.05) is 13.1 Å². The van der Waals surface area contributed by atoms with E-state index in [2.05, 4.69) is 10.2 Å². The summed E-state index contributed by atoms with van der Waals surface area (Å²) in [6.45, 7) is 1.24. The van der Waals surface area contributed by atoms with Gasteiger partial charge in [-0.2, -0.15) is 0 Å². The van der Waals surface area contributed by atoms with Crippen molar-refractivity contribution in [3.63, 3.8) is 0 Å². The van der Waals surface area contributed by atoms with Crippen LogP contribution in [-0.4, -0.2) is 19.0 Å². The van der Waals surface area contributed by atoms with Crippen LogP contribution in [0.3, 0.4) is 0 Å². The van der Waals surface area contributed by atoms with Gasteiger partial charge in [-0.15, -0.1) is 0 Å². The van der Waals surface area contributed by atoms with E-state index in [0.717, 1.165) is 0 Å². The average molecular weight is 205 g/mol. The molecule has 0 unspecified atom stereocenters. The monoisotopic (exact) mass is 204 g/mol. The van der Waals surface area contributed by atoms with Gasteiger partial charge in [-0.05, 0) is 30.5 Å². The molecule has 76 valence electrons. The number of amides is 1. The third kappa shape index (κ3) is 4.48. The van der Waals surface area contributed by atoms with Crippen molar-refractivity contribution < 1.29 is 4.79 Å². The van der Waals surface area contributed by atoms with Crippen LogP contribution in [0.4, 0.5) is 0 Å². The van der Waals surface area contributed by atoms with E-state index in [-0.39, 0.29) is 5.91 Å². The van der Waals surface area contributed by atoms with Crippen molar-refractivity contribution in [3.05, 3.63) is 0 Å². The van der Waals surface area contributed by atoms with Gasteiger partial charge in [0.2, 0.25) is 5.91 Å². The van der Waals surface area contributed by atoms with Crippen LogP contribution < -0.4 is 10.2 Å². The van der Waals surface area contributed by atoms with Gasteiger partial charge in [0.25, 0.3) is 0 Å². The maximum absolute atomic E-state index is 11.3. The zero-order valence-corrected chi connectivity index (χ0v) is 8.57. The summed E-state index contributed by atoms with van der Waals surface area (Å²) in [5.41, 5.74) is 0. The Hall–Kier alpha value is -0.280. The second-order valence-corrected chi connectivity index (χ2v) is 3.86. The van der Waals surface area contributed by atoms with E-state index < -0.39 is 0 Å². The number of rotatable bonds is 5. The lowest BCUT2D eigenvalue weighted by molar-refractivity contribution is -0.121. The Balaban J connectivity index is 2.02. The first-order valence-corrected chi connectivity index (χ1v) is 5.31. The summed E-state index contributed by atoms with van der Waals surface area (Å²) in [4.78, 5) is 13.8. The molecule has 0 aromatic rings. The SMILES string of the molecule is O=C(CC1CCCC1)NCCNCl. The van der Waals surface area contributed by atoms with Crippen LogP contribution in [0.15, 0.2) is 0 Å². The first-order valence-electron chi connectivity index (χ1n) is 4.93. The van der Waals surface area contributed by atoms with Crippen LogP contribution in [0.2, 0.25) is 0 Å². The van der Waals surface area contributed by atoms with Gasteiger partial charge in [-0.25, -0.2) is 4.84 Å². The van der Waals surface area contributed by atoms with Crippen LogP contribution in [0.25, 0.3) is 0 Å². The molecule has 1 saturated carbocycles. The molecule has 13 heavy (non-hydrogen) atoms. The lowest BCUT2D eigenvalue weighted by atomic mass is 10.0. The fourth-order valence-corrected chi connectivity index (χ4v) is 1.89. The Morgan fingerprint density at radius 1 is 1.31 bits per heavy atom. The second kappa shape index (κ2) is 6.22. The van der Waals surface area contributed by atoms with Gasteiger partial charge in [0, 0.05) is 19.5 Å².